The van der Waals surface area contributed by atoms with E-state index in [4.69, 9.17) is 22.3 Å². The van der Waals surface area contributed by atoms with Crippen molar-refractivity contribution < 1.29 is 27.1 Å². The van der Waals surface area contributed by atoms with Gasteiger partial charge < -0.3 is 4.74 Å². The summed E-state index contributed by atoms with van der Waals surface area (Å²) in [6.07, 6.45) is 6.06. The molecular weight excluding hydrogens is 316 g/mol. The lowest BCUT2D eigenvalue weighted by Gasteiger charge is -2.04. The Bertz CT molecular complexity index is 580. The lowest BCUT2D eigenvalue weighted by Crippen LogP contribution is -2.09. The zero-order valence-corrected chi connectivity index (χ0v) is 13.9. The van der Waals surface area contributed by atoms with Crippen molar-refractivity contribution in [3.63, 3.8) is 0 Å². The molecule has 0 aliphatic carbocycles. The van der Waals surface area contributed by atoms with Crippen molar-refractivity contribution in [2.75, 3.05) is 12.5 Å². The van der Waals surface area contributed by atoms with Crippen molar-refractivity contribution in [3.05, 3.63) is 35.9 Å². The first-order chi connectivity index (χ1) is 9.54. The third kappa shape index (κ3) is 10.1. The van der Waals surface area contributed by atoms with Gasteiger partial charge in [0.05, 0.1) is 0 Å². The Balaban J connectivity index is 0.000000690. The number of hydrogen-bond donors (Lipinski definition) is 2. The van der Waals surface area contributed by atoms with Crippen LogP contribution < -0.4 is 4.74 Å². The zero-order chi connectivity index (χ0) is 16.6. The van der Waals surface area contributed by atoms with E-state index in [1.807, 2.05) is 31.2 Å². The van der Waals surface area contributed by atoms with Crippen LogP contribution in [-0.2, 0) is 26.1 Å². The van der Waals surface area contributed by atoms with Gasteiger partial charge in [0.1, 0.15) is 18.3 Å². The molecule has 8 heteroatoms. The van der Waals surface area contributed by atoms with Gasteiger partial charge in [0.25, 0.3) is 0 Å². The Morgan fingerprint density at radius 2 is 1.62 bits per heavy atom. The van der Waals surface area contributed by atoms with Crippen molar-refractivity contribution in [2.24, 2.45) is 0 Å². The lowest BCUT2D eigenvalue weighted by molar-refractivity contribution is -0.130. The minimum atomic E-state index is -4.67. The largest absolute Gasteiger partial charge is 0.423 e. The standard InChI is InChI=1S/C13H17O2S.H2O4S/c1-5-10(2)13(14)15-11-6-8-12(9-7-11)16(3)4;1-5(2,3)4/h5-9H,1-4H3;(H2,1,2,3,4)/q+1;. The molecule has 0 aliphatic heterocycles. The van der Waals surface area contributed by atoms with E-state index in [9.17, 15) is 4.79 Å². The minimum absolute atomic E-state index is 0.238. The predicted molar refractivity (Wildman–Crippen MR) is 83.2 cm³/mol. The highest BCUT2D eigenvalue weighted by molar-refractivity contribution is 7.95. The van der Waals surface area contributed by atoms with Crippen LogP contribution in [0.15, 0.2) is 40.8 Å². The van der Waals surface area contributed by atoms with Crippen molar-refractivity contribution >= 4 is 27.3 Å². The van der Waals surface area contributed by atoms with Gasteiger partial charge in [0, 0.05) is 16.5 Å². The smallest absolute Gasteiger partial charge is 0.394 e. The van der Waals surface area contributed by atoms with Crippen LogP contribution in [0.2, 0.25) is 0 Å². The molecule has 0 heterocycles. The van der Waals surface area contributed by atoms with Gasteiger partial charge >= 0.3 is 16.4 Å². The van der Waals surface area contributed by atoms with Gasteiger partial charge in [0.15, 0.2) is 4.90 Å². The Morgan fingerprint density at radius 1 is 1.19 bits per heavy atom. The zero-order valence-electron chi connectivity index (χ0n) is 12.2. The molecule has 0 spiro atoms. The van der Waals surface area contributed by atoms with E-state index in [2.05, 4.69) is 12.5 Å². The van der Waals surface area contributed by atoms with Crippen LogP contribution in [0, 0.1) is 0 Å². The molecule has 0 radical (unpaired) electrons. The van der Waals surface area contributed by atoms with E-state index in [-0.39, 0.29) is 16.9 Å². The van der Waals surface area contributed by atoms with Gasteiger partial charge in [-0.15, -0.1) is 0 Å². The molecule has 1 rings (SSSR count). The first-order valence-corrected chi connectivity index (χ1v) is 9.21. The molecule has 0 aliphatic rings. The monoisotopic (exact) mass is 335 g/mol. The number of allylic oxidation sites excluding steroid dienone is 1. The molecule has 0 saturated carbocycles. The van der Waals surface area contributed by atoms with Crippen LogP contribution in [-0.4, -0.2) is 36.0 Å². The maximum absolute atomic E-state index is 11.5. The number of carbonyl (C=O) groups excluding carboxylic acids is 1. The molecule has 1 aromatic rings. The van der Waals surface area contributed by atoms with E-state index in [1.54, 1.807) is 13.0 Å². The SMILES string of the molecule is CC=C(C)C(=O)Oc1ccc([S+](C)C)cc1.O=S(=O)(O)O. The molecule has 0 saturated heterocycles. The van der Waals surface area contributed by atoms with Gasteiger partial charge in [0.2, 0.25) is 0 Å². The normalized spacial score (nSPS) is 11.7. The van der Waals surface area contributed by atoms with Gasteiger partial charge in [-0.25, -0.2) is 4.79 Å². The maximum Gasteiger partial charge on any atom is 0.394 e. The van der Waals surface area contributed by atoms with Crippen molar-refractivity contribution in [1.29, 1.82) is 0 Å². The number of esters is 1. The number of ether oxygens (including phenoxy) is 1. The van der Waals surface area contributed by atoms with Crippen LogP contribution in [0.4, 0.5) is 0 Å². The van der Waals surface area contributed by atoms with E-state index >= 15 is 0 Å². The molecule has 6 nitrogen and oxygen atoms in total. The highest BCUT2D eigenvalue weighted by Gasteiger charge is 2.10. The predicted octanol–water partition coefficient (Wildman–Crippen LogP) is 2.14. The summed E-state index contributed by atoms with van der Waals surface area (Å²) in [6.45, 7) is 3.56. The summed E-state index contributed by atoms with van der Waals surface area (Å²) < 4.78 is 36.8. The molecule has 118 valence electrons. The number of hydrogen-bond acceptors (Lipinski definition) is 4. The molecule has 1 aromatic carbocycles. The van der Waals surface area contributed by atoms with Crippen LogP contribution >= 0.6 is 0 Å². The molecule has 0 amide bonds. The second kappa shape index (κ2) is 8.83. The number of carbonyl (C=O) groups is 1. The van der Waals surface area contributed by atoms with Crippen molar-refractivity contribution in [3.8, 4) is 5.75 Å². The Hall–Kier alpha value is -1.35. The summed E-state index contributed by atoms with van der Waals surface area (Å²) in [7, 11) is -4.43. The third-order valence-corrected chi connectivity index (χ3v) is 3.48. The number of benzene rings is 1. The summed E-state index contributed by atoms with van der Waals surface area (Å²) in [5.41, 5.74) is 0.620. The fourth-order valence-corrected chi connectivity index (χ4v) is 1.77. The van der Waals surface area contributed by atoms with Gasteiger partial charge in [-0.2, -0.15) is 8.42 Å². The Kier molecular flexibility index (Phi) is 8.26. The fraction of sp³-hybridized carbons (Fsp3) is 0.308. The average molecular weight is 335 g/mol. The fourth-order valence-electron chi connectivity index (χ4n) is 1.09. The molecule has 21 heavy (non-hydrogen) atoms. The van der Waals surface area contributed by atoms with E-state index in [0.717, 1.165) is 0 Å². The van der Waals surface area contributed by atoms with E-state index in [1.165, 1.54) is 4.90 Å². The second-order valence-corrected chi connectivity index (χ2v) is 7.10. The molecule has 0 unspecified atom stereocenters. The second-order valence-electron chi connectivity index (χ2n) is 4.10. The highest BCUT2D eigenvalue weighted by Crippen LogP contribution is 2.16. The number of rotatable bonds is 3. The summed E-state index contributed by atoms with van der Waals surface area (Å²) in [5.74, 6) is 0.308. The molecular formula is C13H19O6S2+. The first-order valence-electron chi connectivity index (χ1n) is 5.77. The lowest BCUT2D eigenvalue weighted by atomic mass is 10.3. The van der Waals surface area contributed by atoms with Gasteiger partial charge in [-0.1, -0.05) is 6.08 Å². The van der Waals surface area contributed by atoms with Crippen LogP contribution in [0.3, 0.4) is 0 Å². The van der Waals surface area contributed by atoms with Crippen molar-refractivity contribution in [1.82, 2.24) is 0 Å². The summed E-state index contributed by atoms with van der Waals surface area (Å²) in [4.78, 5) is 12.7. The third-order valence-electron chi connectivity index (χ3n) is 2.26. The Labute approximate surface area is 127 Å². The quantitative estimate of drug-likeness (QED) is 0.288. The molecule has 0 aromatic heterocycles. The molecule has 2 N–H and O–H groups in total. The summed E-state index contributed by atoms with van der Waals surface area (Å²) in [6, 6.07) is 7.67. The first kappa shape index (κ1) is 19.7. The maximum atomic E-state index is 11.5. The molecule has 0 atom stereocenters. The van der Waals surface area contributed by atoms with Gasteiger partial charge in [-0.05, 0) is 38.1 Å². The summed E-state index contributed by atoms with van der Waals surface area (Å²) >= 11 is 0. The Morgan fingerprint density at radius 3 is 1.95 bits per heavy atom. The minimum Gasteiger partial charge on any atom is -0.423 e. The van der Waals surface area contributed by atoms with Gasteiger partial charge in [-0.3, -0.25) is 9.11 Å². The van der Waals surface area contributed by atoms with Crippen LogP contribution in [0.5, 0.6) is 5.75 Å². The molecule has 0 fully saturated rings. The average Bonchev–Trinajstić information content (AvgIpc) is 2.36. The van der Waals surface area contributed by atoms with Crippen LogP contribution in [0.1, 0.15) is 13.8 Å². The van der Waals surface area contributed by atoms with Crippen molar-refractivity contribution in [2.45, 2.75) is 18.7 Å². The highest BCUT2D eigenvalue weighted by atomic mass is 32.3. The molecule has 0 bridgehead atoms. The topological polar surface area (TPSA) is 101 Å². The van der Waals surface area contributed by atoms with Crippen LogP contribution in [0.25, 0.3) is 0 Å². The summed E-state index contributed by atoms with van der Waals surface area (Å²) in [5, 5.41) is 0. The van der Waals surface area contributed by atoms with E-state index < -0.39 is 10.4 Å². The van der Waals surface area contributed by atoms with E-state index in [0.29, 0.717) is 11.3 Å².